The molecule has 0 radical (unpaired) electrons. The van der Waals surface area contributed by atoms with Crippen LogP contribution < -0.4 is 10.6 Å². The van der Waals surface area contributed by atoms with E-state index >= 15 is 0 Å². The number of rotatable bonds is 3. The topological polar surface area (TPSA) is 46.2 Å². The van der Waals surface area contributed by atoms with Crippen LogP contribution in [-0.4, -0.2) is 31.3 Å². The first-order valence-corrected chi connectivity index (χ1v) is 5.59. The SMILES string of the molecule is CNc1nc(NC2CCCOC2)c(F)cc1F. The number of aromatic nitrogens is 1. The molecule has 1 aliphatic rings. The molecule has 2 rings (SSSR count). The van der Waals surface area contributed by atoms with Gasteiger partial charge in [-0.05, 0) is 12.8 Å². The van der Waals surface area contributed by atoms with Crippen LogP contribution in [-0.2, 0) is 4.74 Å². The van der Waals surface area contributed by atoms with Gasteiger partial charge in [-0.25, -0.2) is 13.8 Å². The Hall–Kier alpha value is -1.43. The van der Waals surface area contributed by atoms with Gasteiger partial charge in [-0.3, -0.25) is 0 Å². The van der Waals surface area contributed by atoms with Crippen molar-refractivity contribution in [3.63, 3.8) is 0 Å². The van der Waals surface area contributed by atoms with E-state index in [4.69, 9.17) is 4.74 Å². The third-order valence-corrected chi connectivity index (χ3v) is 2.67. The third kappa shape index (κ3) is 2.82. The summed E-state index contributed by atoms with van der Waals surface area (Å²) in [5.74, 6) is -1.29. The molecule has 17 heavy (non-hydrogen) atoms. The minimum atomic E-state index is -0.699. The minimum absolute atomic E-state index is 0.0286. The Morgan fingerprint density at radius 3 is 2.76 bits per heavy atom. The van der Waals surface area contributed by atoms with Crippen LogP contribution in [0.5, 0.6) is 0 Å². The van der Waals surface area contributed by atoms with Gasteiger partial charge in [0.25, 0.3) is 0 Å². The molecule has 1 atom stereocenters. The molecule has 1 aliphatic heterocycles. The smallest absolute Gasteiger partial charge is 0.168 e. The number of halogens is 2. The maximum Gasteiger partial charge on any atom is 0.168 e. The summed E-state index contributed by atoms with van der Waals surface area (Å²) in [6.07, 6.45) is 1.83. The molecule has 4 nitrogen and oxygen atoms in total. The highest BCUT2D eigenvalue weighted by Gasteiger charge is 2.17. The average Bonchev–Trinajstić information content (AvgIpc) is 2.34. The van der Waals surface area contributed by atoms with Crippen molar-refractivity contribution in [3.8, 4) is 0 Å². The first-order chi connectivity index (χ1) is 8.20. The van der Waals surface area contributed by atoms with Crippen LogP contribution in [0, 0.1) is 11.6 Å². The molecule has 1 aromatic heterocycles. The first-order valence-electron chi connectivity index (χ1n) is 5.59. The van der Waals surface area contributed by atoms with Crippen LogP contribution in [0.4, 0.5) is 20.4 Å². The van der Waals surface area contributed by atoms with Gasteiger partial charge in [-0.1, -0.05) is 0 Å². The molecule has 2 N–H and O–H groups in total. The lowest BCUT2D eigenvalue weighted by atomic mass is 10.1. The van der Waals surface area contributed by atoms with E-state index in [0.717, 1.165) is 25.5 Å². The van der Waals surface area contributed by atoms with E-state index in [1.807, 2.05) is 0 Å². The molecule has 94 valence electrons. The molecule has 0 aromatic carbocycles. The van der Waals surface area contributed by atoms with Crippen LogP contribution in [0.15, 0.2) is 6.07 Å². The summed E-state index contributed by atoms with van der Waals surface area (Å²) in [6, 6.07) is 0.853. The predicted octanol–water partition coefficient (Wildman–Crippen LogP) is 1.99. The summed E-state index contributed by atoms with van der Waals surface area (Å²) in [6.45, 7) is 1.26. The zero-order valence-corrected chi connectivity index (χ0v) is 9.59. The van der Waals surface area contributed by atoms with Crippen molar-refractivity contribution in [3.05, 3.63) is 17.7 Å². The molecular formula is C11H15F2N3O. The highest BCUT2D eigenvalue weighted by atomic mass is 19.1. The van der Waals surface area contributed by atoms with Gasteiger partial charge in [0.1, 0.15) is 0 Å². The maximum absolute atomic E-state index is 13.5. The van der Waals surface area contributed by atoms with Gasteiger partial charge >= 0.3 is 0 Å². The summed E-state index contributed by atoms with van der Waals surface area (Å²) >= 11 is 0. The third-order valence-electron chi connectivity index (χ3n) is 2.67. The quantitative estimate of drug-likeness (QED) is 0.852. The lowest BCUT2D eigenvalue weighted by Crippen LogP contribution is -2.30. The summed E-state index contributed by atoms with van der Waals surface area (Å²) in [4.78, 5) is 3.86. The van der Waals surface area contributed by atoms with Crippen molar-refractivity contribution in [2.75, 3.05) is 30.9 Å². The fourth-order valence-electron chi connectivity index (χ4n) is 1.79. The van der Waals surface area contributed by atoms with Crippen molar-refractivity contribution in [1.82, 2.24) is 4.98 Å². The van der Waals surface area contributed by atoms with E-state index in [9.17, 15) is 8.78 Å². The Morgan fingerprint density at radius 2 is 2.12 bits per heavy atom. The zero-order valence-electron chi connectivity index (χ0n) is 9.59. The summed E-state index contributed by atoms with van der Waals surface area (Å²) in [5.41, 5.74) is 0. The van der Waals surface area contributed by atoms with Crippen LogP contribution in [0.3, 0.4) is 0 Å². The molecule has 0 amide bonds. The molecule has 1 aromatic rings. The van der Waals surface area contributed by atoms with Crippen LogP contribution in [0.2, 0.25) is 0 Å². The van der Waals surface area contributed by atoms with Gasteiger partial charge in [-0.2, -0.15) is 0 Å². The number of nitrogens with one attached hydrogen (secondary N) is 2. The number of anilines is 2. The Labute approximate surface area is 98.4 Å². The molecule has 0 saturated carbocycles. The second-order valence-corrected chi connectivity index (χ2v) is 3.96. The van der Waals surface area contributed by atoms with Crippen molar-refractivity contribution >= 4 is 11.6 Å². The molecule has 1 saturated heterocycles. The molecule has 1 unspecified atom stereocenters. The molecule has 1 fully saturated rings. The Balaban J connectivity index is 2.13. The number of hydrogen-bond donors (Lipinski definition) is 2. The molecule has 6 heteroatoms. The minimum Gasteiger partial charge on any atom is -0.379 e. The molecule has 0 aliphatic carbocycles. The van der Waals surface area contributed by atoms with Gasteiger partial charge in [0.15, 0.2) is 23.3 Å². The van der Waals surface area contributed by atoms with Gasteiger partial charge < -0.3 is 15.4 Å². The van der Waals surface area contributed by atoms with Crippen LogP contribution in [0.1, 0.15) is 12.8 Å². The van der Waals surface area contributed by atoms with Gasteiger partial charge in [-0.15, -0.1) is 0 Å². The van der Waals surface area contributed by atoms with Gasteiger partial charge in [0, 0.05) is 19.7 Å². The highest BCUT2D eigenvalue weighted by molar-refractivity contribution is 5.47. The second kappa shape index (κ2) is 5.27. The van der Waals surface area contributed by atoms with Crippen LogP contribution >= 0.6 is 0 Å². The first kappa shape index (κ1) is 12.0. The normalized spacial score (nSPS) is 20.1. The Morgan fingerprint density at radius 1 is 1.35 bits per heavy atom. The van der Waals surface area contributed by atoms with Gasteiger partial charge in [0.2, 0.25) is 0 Å². The molecule has 2 heterocycles. The lowest BCUT2D eigenvalue weighted by Gasteiger charge is -2.24. The predicted molar refractivity (Wildman–Crippen MR) is 61.2 cm³/mol. The standard InChI is InChI=1S/C11H15F2N3O/c1-14-10-8(12)5-9(13)11(16-10)15-7-3-2-4-17-6-7/h5,7H,2-4,6H2,1H3,(H2,14,15,16). The Bertz CT molecular complexity index is 395. The van der Waals surface area contributed by atoms with Crippen molar-refractivity contribution in [2.45, 2.75) is 18.9 Å². The fraction of sp³-hybridized carbons (Fsp3) is 0.545. The number of nitrogens with zero attached hydrogens (tertiary/aromatic N) is 1. The van der Waals surface area contributed by atoms with E-state index in [0.29, 0.717) is 6.61 Å². The zero-order chi connectivity index (χ0) is 12.3. The monoisotopic (exact) mass is 243 g/mol. The summed E-state index contributed by atoms with van der Waals surface area (Å²) in [7, 11) is 1.54. The summed E-state index contributed by atoms with van der Waals surface area (Å²) in [5, 5.41) is 5.51. The highest BCUT2D eigenvalue weighted by Crippen LogP contribution is 2.20. The number of pyridine rings is 1. The van der Waals surface area contributed by atoms with Gasteiger partial charge in [0.05, 0.1) is 12.6 Å². The number of ether oxygens (including phenoxy) is 1. The van der Waals surface area contributed by atoms with E-state index < -0.39 is 11.6 Å². The molecule has 0 bridgehead atoms. The van der Waals surface area contributed by atoms with E-state index in [2.05, 4.69) is 15.6 Å². The van der Waals surface area contributed by atoms with E-state index in [1.165, 1.54) is 7.05 Å². The van der Waals surface area contributed by atoms with E-state index in [-0.39, 0.29) is 17.7 Å². The van der Waals surface area contributed by atoms with Crippen LogP contribution in [0.25, 0.3) is 0 Å². The van der Waals surface area contributed by atoms with Crippen molar-refractivity contribution in [1.29, 1.82) is 0 Å². The fourth-order valence-corrected chi connectivity index (χ4v) is 1.79. The Kier molecular flexibility index (Phi) is 3.73. The number of hydrogen-bond acceptors (Lipinski definition) is 4. The summed E-state index contributed by atoms with van der Waals surface area (Å²) < 4.78 is 32.0. The largest absolute Gasteiger partial charge is 0.379 e. The average molecular weight is 243 g/mol. The lowest BCUT2D eigenvalue weighted by molar-refractivity contribution is 0.0874. The van der Waals surface area contributed by atoms with Crippen molar-refractivity contribution < 1.29 is 13.5 Å². The molecule has 0 spiro atoms. The van der Waals surface area contributed by atoms with Crippen molar-refractivity contribution in [2.24, 2.45) is 0 Å². The van der Waals surface area contributed by atoms with E-state index in [1.54, 1.807) is 0 Å². The second-order valence-electron chi connectivity index (χ2n) is 3.96. The maximum atomic E-state index is 13.5. The molecular weight excluding hydrogens is 228 g/mol.